The molecular formula is C7H5O4SSe. The average molecular weight is 264 g/mol. The van der Waals surface area contributed by atoms with Gasteiger partial charge >= 0.3 is 86.9 Å². The topological polar surface area (TPSA) is 55.8 Å². The van der Waals surface area contributed by atoms with Gasteiger partial charge in [0.05, 0.1) is 0 Å². The Morgan fingerprint density at radius 2 is 2.00 bits per heavy atom. The van der Waals surface area contributed by atoms with Gasteiger partial charge in [0.15, 0.2) is 0 Å². The first-order valence-corrected chi connectivity index (χ1v) is 4.80. The average Bonchev–Trinajstić information content (AvgIpc) is 2.15. The van der Waals surface area contributed by atoms with Crippen molar-refractivity contribution in [3.63, 3.8) is 0 Å². The minimum atomic E-state index is -0.115. The summed E-state index contributed by atoms with van der Waals surface area (Å²) in [6.45, 7) is 0. The van der Waals surface area contributed by atoms with Crippen molar-refractivity contribution >= 4 is 32.7 Å². The third-order valence-corrected chi connectivity index (χ3v) is 2.34. The molecule has 0 aliphatic carbocycles. The standard InChI is InChI=1S/C7H5O4SSe/c8-7(13)5-1-3-6(4-2-5)12-11-10-9/h1-4,9H. The Labute approximate surface area is 87.1 Å². The van der Waals surface area contributed by atoms with Gasteiger partial charge in [0.1, 0.15) is 0 Å². The summed E-state index contributed by atoms with van der Waals surface area (Å²) < 4.78 is 4.08. The molecule has 0 saturated carbocycles. The van der Waals surface area contributed by atoms with E-state index >= 15 is 0 Å². The third-order valence-electron chi connectivity index (χ3n) is 1.25. The fraction of sp³-hybridized carbons (Fsp3) is 0. The van der Waals surface area contributed by atoms with Crippen LogP contribution in [0.2, 0.25) is 0 Å². The molecule has 0 aliphatic heterocycles. The van der Waals surface area contributed by atoms with E-state index in [9.17, 15) is 4.79 Å². The van der Waals surface area contributed by atoms with Crippen molar-refractivity contribution in [3.05, 3.63) is 29.8 Å². The van der Waals surface area contributed by atoms with E-state index in [0.29, 0.717) is 5.56 Å². The van der Waals surface area contributed by atoms with Crippen LogP contribution in [-0.4, -0.2) is 26.0 Å². The normalized spacial score (nSPS) is 9.92. The number of hydrogen-bond donors (Lipinski definition) is 1. The predicted molar refractivity (Wildman–Crippen MR) is 47.2 cm³/mol. The van der Waals surface area contributed by atoms with Crippen molar-refractivity contribution in [1.29, 1.82) is 0 Å². The van der Waals surface area contributed by atoms with Gasteiger partial charge in [0, 0.05) is 0 Å². The molecular weight excluding hydrogens is 259 g/mol. The van der Waals surface area contributed by atoms with Crippen LogP contribution in [0.5, 0.6) is 0 Å². The molecule has 0 spiro atoms. The summed E-state index contributed by atoms with van der Waals surface area (Å²) in [4.78, 5) is 11.5. The number of benzene rings is 1. The van der Waals surface area contributed by atoms with Crippen molar-refractivity contribution < 1.29 is 19.4 Å². The van der Waals surface area contributed by atoms with Crippen LogP contribution >= 0.6 is 12.0 Å². The van der Waals surface area contributed by atoms with Crippen molar-refractivity contribution in [1.82, 2.24) is 0 Å². The fourth-order valence-corrected chi connectivity index (χ4v) is 1.34. The van der Waals surface area contributed by atoms with Gasteiger partial charge in [-0.15, -0.1) is 0 Å². The minimum absolute atomic E-state index is 0.115. The Morgan fingerprint density at radius 3 is 2.46 bits per heavy atom. The number of hydrogen-bond acceptors (Lipinski definition) is 5. The first-order valence-electron chi connectivity index (χ1n) is 3.20. The van der Waals surface area contributed by atoms with Crippen LogP contribution in [0, 0.1) is 0 Å². The van der Waals surface area contributed by atoms with Gasteiger partial charge in [-0.1, -0.05) is 0 Å². The molecule has 13 heavy (non-hydrogen) atoms. The maximum atomic E-state index is 10.8. The second-order valence-electron chi connectivity index (χ2n) is 2.04. The van der Waals surface area contributed by atoms with Crippen molar-refractivity contribution in [2.45, 2.75) is 4.90 Å². The van der Waals surface area contributed by atoms with Gasteiger partial charge in [-0.05, 0) is 0 Å². The van der Waals surface area contributed by atoms with E-state index in [1.54, 1.807) is 24.3 Å². The molecule has 0 fully saturated rings. The zero-order valence-corrected chi connectivity index (χ0v) is 8.83. The van der Waals surface area contributed by atoms with E-state index in [4.69, 9.17) is 5.26 Å². The Bertz CT molecular complexity index is 287. The Kier molecular flexibility index (Phi) is 4.44. The van der Waals surface area contributed by atoms with Gasteiger partial charge in [-0.2, -0.15) is 0 Å². The van der Waals surface area contributed by atoms with E-state index in [-0.39, 0.29) is 4.68 Å². The molecule has 0 saturated heterocycles. The first-order chi connectivity index (χ1) is 6.24. The summed E-state index contributed by atoms with van der Waals surface area (Å²) in [6.07, 6.45) is 0. The van der Waals surface area contributed by atoms with Gasteiger partial charge < -0.3 is 0 Å². The number of rotatable bonds is 4. The van der Waals surface area contributed by atoms with E-state index in [1.807, 2.05) is 0 Å². The fourth-order valence-electron chi connectivity index (χ4n) is 0.701. The molecule has 1 aromatic carbocycles. The molecule has 69 valence electrons. The van der Waals surface area contributed by atoms with Crippen LogP contribution < -0.4 is 0 Å². The quantitative estimate of drug-likeness (QED) is 0.386. The molecule has 0 bridgehead atoms. The van der Waals surface area contributed by atoms with E-state index in [1.165, 1.54) is 0 Å². The SMILES string of the molecule is O=C([Se])c1ccc(SOOO)cc1. The van der Waals surface area contributed by atoms with Crippen LogP contribution in [-0.2, 0) is 9.37 Å². The molecule has 0 heterocycles. The van der Waals surface area contributed by atoms with E-state index < -0.39 is 0 Å². The van der Waals surface area contributed by atoms with Gasteiger partial charge in [-0.25, -0.2) is 0 Å². The monoisotopic (exact) mass is 265 g/mol. The van der Waals surface area contributed by atoms with Crippen molar-refractivity contribution in [2.24, 2.45) is 0 Å². The predicted octanol–water partition coefficient (Wildman–Crippen LogP) is 1.42. The molecule has 0 unspecified atom stereocenters. The summed E-state index contributed by atoms with van der Waals surface area (Å²) in [6, 6.07) is 6.63. The molecule has 4 nitrogen and oxygen atoms in total. The molecule has 1 N–H and O–H groups in total. The van der Waals surface area contributed by atoms with Crippen molar-refractivity contribution in [2.75, 3.05) is 0 Å². The second kappa shape index (κ2) is 5.39. The van der Waals surface area contributed by atoms with Crippen molar-refractivity contribution in [3.8, 4) is 0 Å². The second-order valence-corrected chi connectivity index (χ2v) is 3.59. The first kappa shape index (κ1) is 10.7. The zero-order chi connectivity index (χ0) is 9.68. The molecule has 0 atom stereocenters. The molecule has 0 amide bonds. The number of carbonyl (C=O) groups is 1. The number of carbonyl (C=O) groups excluding carboxylic acids is 1. The third kappa shape index (κ3) is 3.48. The van der Waals surface area contributed by atoms with Crippen LogP contribution in [0.25, 0.3) is 0 Å². The van der Waals surface area contributed by atoms with Crippen LogP contribution in [0.1, 0.15) is 10.4 Å². The van der Waals surface area contributed by atoms with Gasteiger partial charge in [0.2, 0.25) is 0 Å². The molecule has 1 rings (SSSR count). The summed E-state index contributed by atoms with van der Waals surface area (Å²) in [7, 11) is 0. The molecule has 1 radical (unpaired) electrons. The van der Waals surface area contributed by atoms with E-state index in [2.05, 4.69) is 25.4 Å². The molecule has 6 heteroatoms. The van der Waals surface area contributed by atoms with Gasteiger partial charge in [-0.3, -0.25) is 0 Å². The van der Waals surface area contributed by atoms with Gasteiger partial charge in [0.25, 0.3) is 0 Å². The summed E-state index contributed by atoms with van der Waals surface area (Å²) in [5, 5.41) is 11.3. The summed E-state index contributed by atoms with van der Waals surface area (Å²) in [5.74, 6) is 0. The van der Waals surface area contributed by atoms with Crippen LogP contribution in [0.4, 0.5) is 0 Å². The summed E-state index contributed by atoms with van der Waals surface area (Å²) >= 11 is 3.22. The zero-order valence-electron chi connectivity index (χ0n) is 6.30. The molecule has 0 aromatic heterocycles. The Hall–Kier alpha value is -0.361. The van der Waals surface area contributed by atoms with E-state index in [0.717, 1.165) is 16.9 Å². The molecule has 1 aromatic rings. The summed E-state index contributed by atoms with van der Waals surface area (Å²) in [5.41, 5.74) is 0.578. The Morgan fingerprint density at radius 1 is 1.38 bits per heavy atom. The Balaban J connectivity index is 2.64. The van der Waals surface area contributed by atoms with Crippen LogP contribution in [0.3, 0.4) is 0 Å². The van der Waals surface area contributed by atoms with Crippen LogP contribution in [0.15, 0.2) is 29.2 Å². The molecule has 0 aliphatic rings. The maximum absolute atomic E-state index is 10.8.